The summed E-state index contributed by atoms with van der Waals surface area (Å²) >= 11 is 0. The Hall–Kier alpha value is -2.04. The normalized spacial score (nSPS) is 10.4. The highest BCUT2D eigenvalue weighted by Gasteiger charge is 2.04. The smallest absolute Gasteiger partial charge is 0.245 e. The molecule has 5 heteroatoms. The van der Waals surface area contributed by atoms with Gasteiger partial charge in [0.2, 0.25) is 11.8 Å². The Balaban J connectivity index is 2.14. The largest absolute Gasteiger partial charge is 0.478 e. The summed E-state index contributed by atoms with van der Waals surface area (Å²) in [7, 11) is 0. The summed E-state index contributed by atoms with van der Waals surface area (Å²) in [5.74, 6) is 1.13. The number of nitrogens with zero attached hydrogens (tertiary/aromatic N) is 3. The van der Waals surface area contributed by atoms with Crippen molar-refractivity contribution in [3.63, 3.8) is 0 Å². The summed E-state index contributed by atoms with van der Waals surface area (Å²) in [5.41, 5.74) is 5.37. The van der Waals surface area contributed by atoms with Crippen molar-refractivity contribution in [2.75, 3.05) is 12.0 Å². The molecule has 2 rings (SSSR count). The Morgan fingerprint density at radius 3 is 2.61 bits per heavy atom. The maximum atomic E-state index is 5.48. The van der Waals surface area contributed by atoms with E-state index in [0.717, 1.165) is 17.8 Å². The number of hydrogen-bond acceptors (Lipinski definition) is 4. The Morgan fingerprint density at radius 1 is 1.22 bits per heavy atom. The van der Waals surface area contributed by atoms with Crippen LogP contribution in [0.25, 0.3) is 0 Å². The fourth-order valence-corrected chi connectivity index (χ4v) is 1.63. The molecule has 0 aliphatic rings. The first-order chi connectivity index (χ1) is 8.70. The number of rotatable bonds is 5. The molecule has 2 heterocycles. The molecule has 0 saturated heterocycles. The molecular weight excluding hydrogens is 228 g/mol. The number of nitrogens with one attached hydrogen (secondary N) is 1. The first-order valence-electron chi connectivity index (χ1n) is 6.08. The topological polar surface area (TPSA) is 52.0 Å². The lowest BCUT2D eigenvalue weighted by atomic mass is 10.5. The Bertz CT molecular complexity index is 502. The second kappa shape index (κ2) is 5.53. The number of aryl methyl sites for hydroxylation is 2. The minimum Gasteiger partial charge on any atom is -0.478 e. The monoisotopic (exact) mass is 246 g/mol. The molecule has 2 aromatic heterocycles. The molecule has 0 saturated carbocycles. The molecule has 0 fully saturated rings. The molecule has 5 nitrogen and oxygen atoms in total. The van der Waals surface area contributed by atoms with Gasteiger partial charge in [0.25, 0.3) is 0 Å². The van der Waals surface area contributed by atoms with Crippen molar-refractivity contribution in [1.82, 2.24) is 14.6 Å². The summed E-state index contributed by atoms with van der Waals surface area (Å²) in [5, 5.41) is 0. The van der Waals surface area contributed by atoms with Gasteiger partial charge in [-0.05, 0) is 32.4 Å². The van der Waals surface area contributed by atoms with E-state index in [9.17, 15) is 0 Å². The van der Waals surface area contributed by atoms with Gasteiger partial charge in [-0.25, -0.2) is 4.98 Å². The zero-order chi connectivity index (χ0) is 13.0. The lowest BCUT2D eigenvalue weighted by Gasteiger charge is -2.11. The van der Waals surface area contributed by atoms with Crippen molar-refractivity contribution in [3.8, 4) is 5.88 Å². The van der Waals surface area contributed by atoms with Crippen LogP contribution in [0.4, 0.5) is 5.95 Å². The minimum atomic E-state index is 0.533. The average molecular weight is 246 g/mol. The van der Waals surface area contributed by atoms with Gasteiger partial charge in [0.05, 0.1) is 6.61 Å². The highest BCUT2D eigenvalue weighted by atomic mass is 16.5. The van der Waals surface area contributed by atoms with Crippen LogP contribution < -0.4 is 10.2 Å². The van der Waals surface area contributed by atoms with Gasteiger partial charge in [-0.1, -0.05) is 6.92 Å². The number of hydrogen-bond donors (Lipinski definition) is 1. The lowest BCUT2D eigenvalue weighted by molar-refractivity contribution is 0.305. The third-order valence-electron chi connectivity index (χ3n) is 2.57. The van der Waals surface area contributed by atoms with Crippen molar-refractivity contribution in [2.45, 2.75) is 27.2 Å². The van der Waals surface area contributed by atoms with Crippen LogP contribution in [-0.2, 0) is 0 Å². The molecule has 0 aliphatic heterocycles. The fraction of sp³-hybridized carbons (Fsp3) is 0.385. The van der Waals surface area contributed by atoms with E-state index in [0.29, 0.717) is 18.4 Å². The first-order valence-corrected chi connectivity index (χ1v) is 6.08. The first kappa shape index (κ1) is 12.4. The molecule has 0 spiro atoms. The second-order valence-corrected chi connectivity index (χ2v) is 4.13. The van der Waals surface area contributed by atoms with Gasteiger partial charge in [0.15, 0.2) is 0 Å². The number of ether oxygens (including phenoxy) is 1. The summed E-state index contributed by atoms with van der Waals surface area (Å²) in [6.07, 6.45) is 2.65. The Kier molecular flexibility index (Phi) is 3.82. The van der Waals surface area contributed by atoms with Gasteiger partial charge >= 0.3 is 0 Å². The van der Waals surface area contributed by atoms with Crippen LogP contribution in [0.1, 0.15) is 24.7 Å². The highest BCUT2D eigenvalue weighted by molar-refractivity contribution is 5.30. The van der Waals surface area contributed by atoms with E-state index in [1.54, 1.807) is 12.3 Å². The maximum Gasteiger partial charge on any atom is 0.245 e. The standard InChI is InChI=1S/C13H18N4O/c1-4-9-18-12-7-8-14-13(15-12)16-17-10(2)5-6-11(17)3/h5-8H,4,9H2,1-3H3,(H,14,15,16). The van der Waals surface area contributed by atoms with Crippen molar-refractivity contribution in [2.24, 2.45) is 0 Å². The van der Waals surface area contributed by atoms with Crippen LogP contribution in [-0.4, -0.2) is 21.3 Å². The molecule has 0 aromatic carbocycles. The molecule has 0 aliphatic carbocycles. The van der Waals surface area contributed by atoms with Crippen molar-refractivity contribution < 1.29 is 4.74 Å². The molecule has 96 valence electrons. The predicted octanol–water partition coefficient (Wildman–Crippen LogP) is 2.56. The predicted molar refractivity (Wildman–Crippen MR) is 70.7 cm³/mol. The Morgan fingerprint density at radius 2 is 1.94 bits per heavy atom. The SMILES string of the molecule is CCCOc1ccnc(Nn2c(C)ccc2C)n1. The van der Waals surface area contributed by atoms with Crippen LogP contribution in [0.3, 0.4) is 0 Å². The van der Waals surface area contributed by atoms with Crippen molar-refractivity contribution in [1.29, 1.82) is 0 Å². The maximum absolute atomic E-state index is 5.48. The molecule has 0 atom stereocenters. The highest BCUT2D eigenvalue weighted by Crippen LogP contribution is 2.11. The summed E-state index contributed by atoms with van der Waals surface area (Å²) < 4.78 is 7.42. The molecule has 0 radical (unpaired) electrons. The summed E-state index contributed by atoms with van der Waals surface area (Å²) in [6, 6.07) is 5.84. The molecular formula is C13H18N4O. The van der Waals surface area contributed by atoms with Gasteiger partial charge < -0.3 is 4.74 Å². The van der Waals surface area contributed by atoms with E-state index < -0.39 is 0 Å². The molecule has 0 amide bonds. The summed E-state index contributed by atoms with van der Waals surface area (Å²) in [4.78, 5) is 8.48. The third-order valence-corrected chi connectivity index (χ3v) is 2.57. The fourth-order valence-electron chi connectivity index (χ4n) is 1.63. The van der Waals surface area contributed by atoms with Crippen LogP contribution in [0.5, 0.6) is 5.88 Å². The zero-order valence-corrected chi connectivity index (χ0v) is 11.0. The Labute approximate surface area is 107 Å². The van der Waals surface area contributed by atoms with E-state index >= 15 is 0 Å². The van der Waals surface area contributed by atoms with Gasteiger partial charge in [-0.15, -0.1) is 0 Å². The van der Waals surface area contributed by atoms with E-state index in [-0.39, 0.29) is 0 Å². The van der Waals surface area contributed by atoms with E-state index in [1.165, 1.54) is 0 Å². The quantitative estimate of drug-likeness (QED) is 0.881. The van der Waals surface area contributed by atoms with E-state index in [2.05, 4.69) is 22.3 Å². The second-order valence-electron chi connectivity index (χ2n) is 4.13. The summed E-state index contributed by atoms with van der Waals surface area (Å²) in [6.45, 7) is 6.78. The van der Waals surface area contributed by atoms with E-state index in [1.807, 2.05) is 30.7 Å². The molecule has 2 aromatic rings. The van der Waals surface area contributed by atoms with Crippen LogP contribution in [0.2, 0.25) is 0 Å². The van der Waals surface area contributed by atoms with Gasteiger partial charge in [-0.3, -0.25) is 10.1 Å². The zero-order valence-electron chi connectivity index (χ0n) is 11.0. The van der Waals surface area contributed by atoms with Gasteiger partial charge in [0, 0.05) is 23.7 Å². The molecule has 1 N–H and O–H groups in total. The van der Waals surface area contributed by atoms with Crippen LogP contribution in [0, 0.1) is 13.8 Å². The van der Waals surface area contributed by atoms with Crippen LogP contribution in [0.15, 0.2) is 24.4 Å². The molecule has 18 heavy (non-hydrogen) atoms. The third kappa shape index (κ3) is 2.80. The lowest BCUT2D eigenvalue weighted by Crippen LogP contribution is -2.14. The average Bonchev–Trinajstić information content (AvgIpc) is 2.69. The van der Waals surface area contributed by atoms with Gasteiger partial charge in [-0.2, -0.15) is 4.98 Å². The van der Waals surface area contributed by atoms with Crippen molar-refractivity contribution in [3.05, 3.63) is 35.8 Å². The van der Waals surface area contributed by atoms with Crippen LogP contribution >= 0.6 is 0 Å². The minimum absolute atomic E-state index is 0.533. The number of anilines is 1. The van der Waals surface area contributed by atoms with E-state index in [4.69, 9.17) is 4.74 Å². The molecule has 0 unspecified atom stereocenters. The number of aromatic nitrogens is 3. The van der Waals surface area contributed by atoms with Gasteiger partial charge in [0.1, 0.15) is 0 Å². The molecule has 0 bridgehead atoms. The van der Waals surface area contributed by atoms with Crippen molar-refractivity contribution >= 4 is 5.95 Å².